The maximum atomic E-state index is 10.4. The zero-order valence-electron chi connectivity index (χ0n) is 4.13. The Labute approximate surface area is 74.5 Å². The Kier molecular flexibility index (Phi) is 13.0. The molecule has 0 rings (SSSR count). The summed E-state index contributed by atoms with van der Waals surface area (Å²) >= 11 is 0. The zero-order chi connectivity index (χ0) is 4.50. The second kappa shape index (κ2) is 5.74. The van der Waals surface area contributed by atoms with Crippen molar-refractivity contribution in [2.45, 2.75) is 0 Å². The van der Waals surface area contributed by atoms with Gasteiger partial charge in [0, 0.05) is 0 Å². The van der Waals surface area contributed by atoms with Gasteiger partial charge in [-0.3, -0.25) is 9.79 Å². The molecule has 3 nitrogen and oxygen atoms in total. The van der Waals surface area contributed by atoms with E-state index in [1.54, 1.807) is 0 Å². The topological polar surface area (TPSA) is 57.5 Å². The molecule has 0 fully saturated rings. The smallest absolute Gasteiger partial charge is 1.00 e. The normalized spacial score (nSPS) is 8.43. The molecule has 0 atom stereocenters. The SMILES string of the molecule is O=P(O)(O)F.[AlH3].[H-].[Na+]. The van der Waals surface area contributed by atoms with Crippen molar-refractivity contribution in [3.8, 4) is 0 Å². The van der Waals surface area contributed by atoms with Gasteiger partial charge in [-0.25, -0.2) is 4.57 Å². The molecule has 0 aliphatic heterocycles. The second-order valence-electron chi connectivity index (χ2n) is 0.473. The van der Waals surface area contributed by atoms with E-state index in [-0.39, 0.29) is 48.3 Å². The van der Waals surface area contributed by atoms with Gasteiger partial charge in [-0.05, 0) is 0 Å². The molecule has 0 aliphatic carbocycles. The second-order valence-corrected chi connectivity index (χ2v) is 1.42. The summed E-state index contributed by atoms with van der Waals surface area (Å²) in [6.45, 7) is 0. The van der Waals surface area contributed by atoms with Crippen molar-refractivity contribution >= 4 is 25.3 Å². The molecular weight excluding hydrogens is 148 g/mol. The molecule has 0 aromatic rings. The van der Waals surface area contributed by atoms with Gasteiger partial charge < -0.3 is 1.43 Å². The molecule has 7 heavy (non-hydrogen) atoms. The van der Waals surface area contributed by atoms with Gasteiger partial charge in [0.05, 0.1) is 0 Å². The van der Waals surface area contributed by atoms with E-state index in [4.69, 9.17) is 14.4 Å². The molecule has 40 valence electrons. The number of hydrogen-bond donors (Lipinski definition) is 2. The van der Waals surface area contributed by atoms with E-state index in [9.17, 15) is 4.20 Å². The monoisotopic (exact) mass is 154 g/mol. The van der Waals surface area contributed by atoms with E-state index in [2.05, 4.69) is 0 Å². The van der Waals surface area contributed by atoms with E-state index in [0.29, 0.717) is 0 Å². The number of halogens is 1. The predicted octanol–water partition coefficient (Wildman–Crippen LogP) is -4.02. The fourth-order valence-corrected chi connectivity index (χ4v) is 0. The van der Waals surface area contributed by atoms with Gasteiger partial charge in [0.25, 0.3) is 0 Å². The average molecular weight is 154 g/mol. The largest absolute Gasteiger partial charge is 1.00 e. The molecule has 2 N–H and O–H groups in total. The van der Waals surface area contributed by atoms with E-state index in [1.807, 2.05) is 0 Å². The van der Waals surface area contributed by atoms with Crippen LogP contribution in [0.3, 0.4) is 0 Å². The van der Waals surface area contributed by atoms with E-state index in [1.165, 1.54) is 0 Å². The van der Waals surface area contributed by atoms with Crippen LogP contribution in [-0.4, -0.2) is 27.1 Å². The first-order valence-corrected chi connectivity index (χ1v) is 2.25. The standard InChI is InChI=1S/Al.FH2O3P.Na.4H/c;1-5(2,3)4;;;;;/h;(H2,2,3,4);;;;;/q;;+1;;;;-1. The van der Waals surface area contributed by atoms with Crippen LogP contribution in [0.25, 0.3) is 0 Å². The van der Waals surface area contributed by atoms with Crippen molar-refractivity contribution in [1.82, 2.24) is 0 Å². The first kappa shape index (κ1) is 15.8. The Hall–Kier alpha value is 1.61. The van der Waals surface area contributed by atoms with Crippen LogP contribution < -0.4 is 29.6 Å². The number of hydrogen-bond acceptors (Lipinski definition) is 1. The van der Waals surface area contributed by atoms with Crippen LogP contribution in [0.2, 0.25) is 0 Å². The maximum absolute atomic E-state index is 10.4. The summed E-state index contributed by atoms with van der Waals surface area (Å²) in [4.78, 5) is 13.9. The molecule has 7 heteroatoms. The maximum Gasteiger partial charge on any atom is 1.00 e. The molecule has 0 aromatic carbocycles. The van der Waals surface area contributed by atoms with Crippen molar-refractivity contribution in [3.05, 3.63) is 0 Å². The van der Waals surface area contributed by atoms with Crippen LogP contribution in [0, 0.1) is 0 Å². The summed E-state index contributed by atoms with van der Waals surface area (Å²) in [7, 11) is -5.14. The van der Waals surface area contributed by atoms with Crippen LogP contribution in [0.4, 0.5) is 4.20 Å². The van der Waals surface area contributed by atoms with Crippen molar-refractivity contribution in [3.63, 3.8) is 0 Å². The van der Waals surface area contributed by atoms with Crippen molar-refractivity contribution < 1.29 is 49.5 Å². The van der Waals surface area contributed by atoms with Crippen molar-refractivity contribution in [1.29, 1.82) is 0 Å². The molecule has 0 radical (unpaired) electrons. The van der Waals surface area contributed by atoms with Crippen LogP contribution in [0.15, 0.2) is 0 Å². The predicted molar refractivity (Wildman–Crippen MR) is 24.2 cm³/mol. The van der Waals surface area contributed by atoms with Gasteiger partial charge in [0.15, 0.2) is 17.4 Å². The molecular formula is H6AlFNaO3P. The molecule has 0 saturated heterocycles. The van der Waals surface area contributed by atoms with Gasteiger partial charge in [-0.15, -0.1) is 4.20 Å². The summed E-state index contributed by atoms with van der Waals surface area (Å²) in [5.41, 5.74) is 0. The van der Waals surface area contributed by atoms with Gasteiger partial charge in [-0.2, -0.15) is 0 Å². The molecule has 0 unspecified atom stereocenters. The number of rotatable bonds is 0. The van der Waals surface area contributed by atoms with E-state index < -0.39 is 7.91 Å². The minimum atomic E-state index is -5.14. The first-order chi connectivity index (χ1) is 2.00. The van der Waals surface area contributed by atoms with Gasteiger partial charge >= 0.3 is 37.5 Å². The molecule has 0 saturated carbocycles. The quantitative estimate of drug-likeness (QED) is 0.276. The molecule has 0 amide bonds. The first-order valence-electron chi connectivity index (χ1n) is 0.752. The summed E-state index contributed by atoms with van der Waals surface area (Å²) < 4.78 is 19.0. The van der Waals surface area contributed by atoms with Crippen LogP contribution >= 0.6 is 7.91 Å². The van der Waals surface area contributed by atoms with E-state index in [0.717, 1.165) is 0 Å². The Morgan fingerprint density at radius 2 is 1.57 bits per heavy atom. The zero-order valence-corrected chi connectivity index (χ0v) is 6.02. The Morgan fingerprint density at radius 1 is 1.57 bits per heavy atom. The Balaban J connectivity index is -0.0000000267. The molecule has 0 heterocycles. The van der Waals surface area contributed by atoms with E-state index >= 15 is 0 Å². The minimum absolute atomic E-state index is 0. The van der Waals surface area contributed by atoms with Gasteiger partial charge in [0.2, 0.25) is 0 Å². The summed E-state index contributed by atoms with van der Waals surface area (Å²) in [5, 5.41) is 0. The van der Waals surface area contributed by atoms with Crippen LogP contribution in [-0.2, 0) is 4.57 Å². The summed E-state index contributed by atoms with van der Waals surface area (Å²) in [5.74, 6) is 0. The fraction of sp³-hybridized carbons (Fsp3) is 0. The van der Waals surface area contributed by atoms with Crippen LogP contribution in [0.5, 0.6) is 0 Å². The third-order valence-corrected chi connectivity index (χ3v) is 0. The molecule has 0 aromatic heterocycles. The average Bonchev–Trinajstić information content (AvgIpc) is 0.722. The minimum Gasteiger partial charge on any atom is -1.00 e. The molecule has 0 bridgehead atoms. The van der Waals surface area contributed by atoms with Crippen LogP contribution in [0.1, 0.15) is 1.43 Å². The Bertz CT molecular complexity index is 65.4. The third-order valence-electron chi connectivity index (χ3n) is 0. The van der Waals surface area contributed by atoms with Gasteiger partial charge in [-0.1, -0.05) is 0 Å². The van der Waals surface area contributed by atoms with Crippen molar-refractivity contribution in [2.24, 2.45) is 0 Å². The summed E-state index contributed by atoms with van der Waals surface area (Å²) in [6, 6.07) is 0. The Morgan fingerprint density at radius 3 is 1.57 bits per heavy atom. The fourth-order valence-electron chi connectivity index (χ4n) is 0. The van der Waals surface area contributed by atoms with Gasteiger partial charge in [0.1, 0.15) is 0 Å². The third kappa shape index (κ3) is 92.2. The summed E-state index contributed by atoms with van der Waals surface area (Å²) in [6.07, 6.45) is 0. The van der Waals surface area contributed by atoms with Crippen molar-refractivity contribution in [2.75, 3.05) is 0 Å². The molecule has 0 aliphatic rings. The molecule has 0 spiro atoms.